The van der Waals surface area contributed by atoms with E-state index < -0.39 is 0 Å². The minimum absolute atomic E-state index is 0.742. The number of likely N-dealkylation sites (tertiary alicyclic amines) is 2. The first-order chi connectivity index (χ1) is 7.79. The minimum atomic E-state index is 0.742. The Morgan fingerprint density at radius 2 is 1.75 bits per heavy atom. The molecule has 2 aliphatic rings. The van der Waals surface area contributed by atoms with Gasteiger partial charge in [-0.15, -0.1) is 0 Å². The SMILES string of the molecule is CN1CCC(C(CN)CN2CCCC2)CC1. The summed E-state index contributed by atoms with van der Waals surface area (Å²) in [6, 6.07) is 0. The molecule has 2 aliphatic heterocycles. The van der Waals surface area contributed by atoms with E-state index in [4.69, 9.17) is 5.73 Å². The van der Waals surface area contributed by atoms with E-state index in [1.165, 1.54) is 58.4 Å². The topological polar surface area (TPSA) is 32.5 Å². The third-order valence-corrected chi connectivity index (χ3v) is 4.42. The molecule has 2 saturated heterocycles. The van der Waals surface area contributed by atoms with E-state index in [1.807, 2.05) is 0 Å². The zero-order chi connectivity index (χ0) is 11.4. The lowest BCUT2D eigenvalue weighted by molar-refractivity contribution is 0.144. The molecule has 1 atom stereocenters. The Labute approximate surface area is 100.0 Å². The summed E-state index contributed by atoms with van der Waals surface area (Å²) >= 11 is 0. The molecule has 3 nitrogen and oxygen atoms in total. The van der Waals surface area contributed by atoms with Crippen LogP contribution in [0.2, 0.25) is 0 Å². The van der Waals surface area contributed by atoms with Crippen LogP contribution in [0.4, 0.5) is 0 Å². The summed E-state index contributed by atoms with van der Waals surface area (Å²) in [6.07, 6.45) is 5.49. The zero-order valence-electron chi connectivity index (χ0n) is 10.7. The summed E-state index contributed by atoms with van der Waals surface area (Å²) in [5.41, 5.74) is 5.98. The predicted octanol–water partition coefficient (Wildman–Crippen LogP) is 0.999. The summed E-state index contributed by atoms with van der Waals surface area (Å²) in [6.45, 7) is 7.28. The van der Waals surface area contributed by atoms with Crippen LogP contribution < -0.4 is 5.73 Å². The molecule has 0 aromatic heterocycles. The molecule has 2 fully saturated rings. The molecule has 94 valence electrons. The first-order valence-corrected chi connectivity index (χ1v) is 6.90. The summed E-state index contributed by atoms with van der Waals surface area (Å²) in [7, 11) is 2.23. The molecule has 0 radical (unpaired) electrons. The molecule has 0 amide bonds. The van der Waals surface area contributed by atoms with Crippen molar-refractivity contribution in [1.82, 2.24) is 9.80 Å². The maximum absolute atomic E-state index is 5.98. The first kappa shape index (κ1) is 12.3. The molecular weight excluding hydrogens is 198 g/mol. The van der Waals surface area contributed by atoms with E-state index in [-0.39, 0.29) is 0 Å². The maximum atomic E-state index is 5.98. The van der Waals surface area contributed by atoms with Crippen molar-refractivity contribution >= 4 is 0 Å². The van der Waals surface area contributed by atoms with Crippen molar-refractivity contribution in [3.8, 4) is 0 Å². The monoisotopic (exact) mass is 225 g/mol. The summed E-state index contributed by atoms with van der Waals surface area (Å²) in [4.78, 5) is 5.07. The van der Waals surface area contributed by atoms with Crippen LogP contribution in [-0.2, 0) is 0 Å². The van der Waals surface area contributed by atoms with E-state index in [9.17, 15) is 0 Å². The van der Waals surface area contributed by atoms with Gasteiger partial charge in [0, 0.05) is 6.54 Å². The van der Waals surface area contributed by atoms with Crippen LogP contribution in [0.5, 0.6) is 0 Å². The second-order valence-corrected chi connectivity index (χ2v) is 5.64. The third-order valence-electron chi connectivity index (χ3n) is 4.42. The molecule has 0 saturated carbocycles. The van der Waals surface area contributed by atoms with Crippen LogP contribution in [0.15, 0.2) is 0 Å². The Kier molecular flexibility index (Phi) is 4.62. The van der Waals surface area contributed by atoms with Gasteiger partial charge in [-0.1, -0.05) is 0 Å². The molecule has 0 spiro atoms. The fraction of sp³-hybridized carbons (Fsp3) is 1.00. The smallest absolute Gasteiger partial charge is 0.00244 e. The number of piperidine rings is 1. The van der Waals surface area contributed by atoms with Crippen LogP contribution in [0.25, 0.3) is 0 Å². The van der Waals surface area contributed by atoms with Crippen LogP contribution in [-0.4, -0.2) is 56.1 Å². The summed E-state index contributed by atoms with van der Waals surface area (Å²) in [5, 5.41) is 0. The second kappa shape index (κ2) is 5.99. The van der Waals surface area contributed by atoms with Crippen molar-refractivity contribution in [3.63, 3.8) is 0 Å². The molecule has 2 heterocycles. The summed E-state index contributed by atoms with van der Waals surface area (Å²) in [5.74, 6) is 1.62. The number of hydrogen-bond donors (Lipinski definition) is 1. The highest BCUT2D eigenvalue weighted by atomic mass is 15.1. The fourth-order valence-corrected chi connectivity index (χ4v) is 3.21. The number of rotatable bonds is 4. The van der Waals surface area contributed by atoms with Crippen molar-refractivity contribution in [3.05, 3.63) is 0 Å². The Morgan fingerprint density at radius 3 is 2.31 bits per heavy atom. The van der Waals surface area contributed by atoms with Gasteiger partial charge in [-0.3, -0.25) is 0 Å². The molecule has 0 aliphatic carbocycles. The van der Waals surface area contributed by atoms with Gasteiger partial charge in [-0.2, -0.15) is 0 Å². The average molecular weight is 225 g/mol. The summed E-state index contributed by atoms with van der Waals surface area (Å²) < 4.78 is 0. The van der Waals surface area contributed by atoms with E-state index >= 15 is 0 Å². The highest BCUT2D eigenvalue weighted by Crippen LogP contribution is 2.25. The molecule has 16 heavy (non-hydrogen) atoms. The van der Waals surface area contributed by atoms with Gasteiger partial charge in [0.15, 0.2) is 0 Å². The highest BCUT2D eigenvalue weighted by Gasteiger charge is 2.26. The fourth-order valence-electron chi connectivity index (χ4n) is 3.21. The van der Waals surface area contributed by atoms with E-state index in [2.05, 4.69) is 16.8 Å². The molecule has 1 unspecified atom stereocenters. The average Bonchev–Trinajstić information content (AvgIpc) is 2.80. The van der Waals surface area contributed by atoms with Gasteiger partial charge in [-0.05, 0) is 77.3 Å². The van der Waals surface area contributed by atoms with Crippen LogP contribution in [0.3, 0.4) is 0 Å². The standard InChI is InChI=1S/C13H27N3/c1-15-8-4-12(5-9-15)13(10-14)11-16-6-2-3-7-16/h12-13H,2-11,14H2,1H3. The van der Waals surface area contributed by atoms with Crippen LogP contribution >= 0.6 is 0 Å². The Hall–Kier alpha value is -0.120. The quantitative estimate of drug-likeness (QED) is 0.775. The highest BCUT2D eigenvalue weighted by molar-refractivity contribution is 4.80. The van der Waals surface area contributed by atoms with Crippen molar-refractivity contribution < 1.29 is 0 Å². The van der Waals surface area contributed by atoms with Crippen LogP contribution in [0.1, 0.15) is 25.7 Å². The molecule has 2 rings (SSSR count). The van der Waals surface area contributed by atoms with Gasteiger partial charge in [0.05, 0.1) is 0 Å². The minimum Gasteiger partial charge on any atom is -0.330 e. The predicted molar refractivity (Wildman–Crippen MR) is 68.4 cm³/mol. The van der Waals surface area contributed by atoms with Gasteiger partial charge in [-0.25, -0.2) is 0 Å². The van der Waals surface area contributed by atoms with Crippen molar-refractivity contribution in [2.45, 2.75) is 25.7 Å². The van der Waals surface area contributed by atoms with Gasteiger partial charge in [0.25, 0.3) is 0 Å². The van der Waals surface area contributed by atoms with Crippen molar-refractivity contribution in [2.75, 3.05) is 46.3 Å². The van der Waals surface area contributed by atoms with E-state index in [1.54, 1.807) is 0 Å². The van der Waals surface area contributed by atoms with Gasteiger partial charge in [0.2, 0.25) is 0 Å². The lowest BCUT2D eigenvalue weighted by Crippen LogP contribution is -2.40. The van der Waals surface area contributed by atoms with Gasteiger partial charge < -0.3 is 15.5 Å². The molecule has 0 aromatic carbocycles. The van der Waals surface area contributed by atoms with Gasteiger partial charge in [0.1, 0.15) is 0 Å². The molecular formula is C13H27N3. The Bertz CT molecular complexity index is 193. The van der Waals surface area contributed by atoms with Crippen molar-refractivity contribution in [1.29, 1.82) is 0 Å². The largest absolute Gasteiger partial charge is 0.330 e. The normalized spacial score (nSPS) is 27.4. The molecule has 0 aromatic rings. The third kappa shape index (κ3) is 3.19. The number of nitrogens with two attached hydrogens (primary N) is 1. The molecule has 3 heteroatoms. The first-order valence-electron chi connectivity index (χ1n) is 6.90. The Morgan fingerprint density at radius 1 is 1.12 bits per heavy atom. The number of nitrogens with zero attached hydrogens (tertiary/aromatic N) is 2. The van der Waals surface area contributed by atoms with Gasteiger partial charge >= 0.3 is 0 Å². The van der Waals surface area contributed by atoms with E-state index in [0.717, 1.165) is 18.4 Å². The van der Waals surface area contributed by atoms with Crippen molar-refractivity contribution in [2.24, 2.45) is 17.6 Å². The molecule has 2 N–H and O–H groups in total. The maximum Gasteiger partial charge on any atom is 0.00244 e. The number of hydrogen-bond acceptors (Lipinski definition) is 3. The molecule has 0 bridgehead atoms. The second-order valence-electron chi connectivity index (χ2n) is 5.64. The zero-order valence-corrected chi connectivity index (χ0v) is 10.7. The lowest BCUT2D eigenvalue weighted by Gasteiger charge is -2.35. The van der Waals surface area contributed by atoms with E-state index in [0.29, 0.717) is 0 Å². The van der Waals surface area contributed by atoms with Crippen LogP contribution in [0, 0.1) is 11.8 Å². The Balaban J connectivity index is 1.79. The lowest BCUT2D eigenvalue weighted by atomic mass is 9.84.